The first kappa shape index (κ1) is 12.9. The van der Waals surface area contributed by atoms with Gasteiger partial charge in [-0.15, -0.1) is 0 Å². The van der Waals surface area contributed by atoms with E-state index >= 15 is 0 Å². The third kappa shape index (κ3) is 3.73. The molecule has 94 valence electrons. The molecule has 0 saturated carbocycles. The quantitative estimate of drug-likeness (QED) is 0.660. The largest absolute Gasteiger partial charge is 0.0628 e. The molecule has 0 N–H and O–H groups in total. The maximum Gasteiger partial charge on any atom is -0.0184 e. The van der Waals surface area contributed by atoms with Gasteiger partial charge in [-0.05, 0) is 35.4 Å². The molecule has 2 rings (SSSR count). The fourth-order valence-electron chi connectivity index (χ4n) is 2.21. The van der Waals surface area contributed by atoms with Crippen molar-refractivity contribution in [1.82, 2.24) is 0 Å². The minimum absolute atomic E-state index is 0.814. The van der Waals surface area contributed by atoms with Crippen molar-refractivity contribution in [2.75, 3.05) is 0 Å². The maximum absolute atomic E-state index is 2.29. The van der Waals surface area contributed by atoms with Gasteiger partial charge in [-0.3, -0.25) is 0 Å². The van der Waals surface area contributed by atoms with Crippen LogP contribution in [-0.4, -0.2) is 0 Å². The Labute approximate surface area is 111 Å². The number of aryl methyl sites for hydroxylation is 1. The molecule has 0 fully saturated rings. The zero-order valence-electron chi connectivity index (χ0n) is 11.4. The second-order valence-corrected chi connectivity index (χ2v) is 5.35. The summed E-state index contributed by atoms with van der Waals surface area (Å²) in [4.78, 5) is 0. The normalized spacial score (nSPS) is 10.8. The van der Waals surface area contributed by atoms with Crippen molar-refractivity contribution in [3.63, 3.8) is 0 Å². The summed E-state index contributed by atoms with van der Waals surface area (Å²) in [5.74, 6) is 0.814. The Bertz CT molecular complexity index is 451. The summed E-state index contributed by atoms with van der Waals surface area (Å²) in [7, 11) is 0. The van der Waals surface area contributed by atoms with Crippen LogP contribution in [0.4, 0.5) is 0 Å². The molecular weight excluding hydrogens is 216 g/mol. The van der Waals surface area contributed by atoms with E-state index in [2.05, 4.69) is 68.4 Å². The molecular formula is C18H22. The van der Waals surface area contributed by atoms with Crippen LogP contribution in [0.5, 0.6) is 0 Å². The van der Waals surface area contributed by atoms with E-state index < -0.39 is 0 Å². The van der Waals surface area contributed by atoms with E-state index in [1.54, 1.807) is 0 Å². The molecule has 0 saturated heterocycles. The van der Waals surface area contributed by atoms with Crippen LogP contribution < -0.4 is 0 Å². The van der Waals surface area contributed by atoms with Gasteiger partial charge in [0.05, 0.1) is 0 Å². The first-order chi connectivity index (χ1) is 8.75. The SMILES string of the molecule is CC(C)CCCc1ccc(-c2ccccc2)cc1. The van der Waals surface area contributed by atoms with E-state index in [0.29, 0.717) is 0 Å². The third-order valence-corrected chi connectivity index (χ3v) is 3.31. The Hall–Kier alpha value is -1.56. The van der Waals surface area contributed by atoms with Gasteiger partial charge >= 0.3 is 0 Å². The van der Waals surface area contributed by atoms with Crippen LogP contribution in [0.25, 0.3) is 11.1 Å². The molecule has 0 aliphatic rings. The van der Waals surface area contributed by atoms with Crippen LogP contribution in [-0.2, 0) is 6.42 Å². The molecule has 0 radical (unpaired) electrons. The van der Waals surface area contributed by atoms with Gasteiger partial charge in [-0.1, -0.05) is 74.9 Å². The summed E-state index contributed by atoms with van der Waals surface area (Å²) >= 11 is 0. The van der Waals surface area contributed by atoms with E-state index in [-0.39, 0.29) is 0 Å². The fraction of sp³-hybridized carbons (Fsp3) is 0.333. The van der Waals surface area contributed by atoms with Gasteiger partial charge in [0.1, 0.15) is 0 Å². The minimum Gasteiger partial charge on any atom is -0.0628 e. The average molecular weight is 238 g/mol. The predicted octanol–water partition coefficient (Wildman–Crippen LogP) is 5.33. The van der Waals surface area contributed by atoms with Crippen molar-refractivity contribution in [1.29, 1.82) is 0 Å². The lowest BCUT2D eigenvalue weighted by Gasteiger charge is -2.06. The minimum atomic E-state index is 0.814. The first-order valence-electron chi connectivity index (χ1n) is 6.90. The van der Waals surface area contributed by atoms with Crippen molar-refractivity contribution in [3.8, 4) is 11.1 Å². The molecule has 0 atom stereocenters. The monoisotopic (exact) mass is 238 g/mol. The number of benzene rings is 2. The zero-order valence-corrected chi connectivity index (χ0v) is 11.4. The topological polar surface area (TPSA) is 0 Å². The highest BCUT2D eigenvalue weighted by Gasteiger charge is 1.99. The van der Waals surface area contributed by atoms with Gasteiger partial charge in [0, 0.05) is 0 Å². The highest BCUT2D eigenvalue weighted by molar-refractivity contribution is 5.63. The molecule has 0 amide bonds. The van der Waals surface area contributed by atoms with E-state index in [1.807, 2.05) is 0 Å². The highest BCUT2D eigenvalue weighted by atomic mass is 14.0. The molecule has 0 aliphatic carbocycles. The van der Waals surface area contributed by atoms with Crippen molar-refractivity contribution in [2.24, 2.45) is 5.92 Å². The lowest BCUT2D eigenvalue weighted by atomic mass is 10.00. The Balaban J connectivity index is 1.98. The molecule has 18 heavy (non-hydrogen) atoms. The molecule has 2 aromatic carbocycles. The Kier molecular flexibility index (Phi) is 4.58. The Morgan fingerprint density at radius 3 is 2.00 bits per heavy atom. The summed E-state index contributed by atoms with van der Waals surface area (Å²) < 4.78 is 0. The second-order valence-electron chi connectivity index (χ2n) is 5.35. The van der Waals surface area contributed by atoms with E-state index in [1.165, 1.54) is 36.0 Å². The zero-order chi connectivity index (χ0) is 12.8. The number of hydrogen-bond donors (Lipinski definition) is 0. The van der Waals surface area contributed by atoms with Gasteiger partial charge in [-0.2, -0.15) is 0 Å². The van der Waals surface area contributed by atoms with Crippen LogP contribution in [0, 0.1) is 5.92 Å². The molecule has 0 heteroatoms. The summed E-state index contributed by atoms with van der Waals surface area (Å²) in [6, 6.07) is 19.6. The molecule has 0 spiro atoms. The average Bonchev–Trinajstić information content (AvgIpc) is 2.40. The third-order valence-electron chi connectivity index (χ3n) is 3.31. The summed E-state index contributed by atoms with van der Waals surface area (Å²) in [5, 5.41) is 0. The lowest BCUT2D eigenvalue weighted by molar-refractivity contribution is 0.556. The van der Waals surface area contributed by atoms with Crippen molar-refractivity contribution in [2.45, 2.75) is 33.1 Å². The van der Waals surface area contributed by atoms with Crippen LogP contribution in [0.2, 0.25) is 0 Å². The molecule has 0 nitrogen and oxygen atoms in total. The predicted molar refractivity (Wildman–Crippen MR) is 79.7 cm³/mol. The first-order valence-corrected chi connectivity index (χ1v) is 6.90. The summed E-state index contributed by atoms with van der Waals surface area (Å²) in [6.07, 6.45) is 3.82. The van der Waals surface area contributed by atoms with Gasteiger partial charge in [-0.25, -0.2) is 0 Å². The molecule has 0 heterocycles. The van der Waals surface area contributed by atoms with E-state index in [0.717, 1.165) is 5.92 Å². The van der Waals surface area contributed by atoms with Gasteiger partial charge in [0.25, 0.3) is 0 Å². The van der Waals surface area contributed by atoms with E-state index in [4.69, 9.17) is 0 Å². The highest BCUT2D eigenvalue weighted by Crippen LogP contribution is 2.20. The second kappa shape index (κ2) is 6.39. The van der Waals surface area contributed by atoms with Crippen LogP contribution in [0.1, 0.15) is 32.3 Å². The number of hydrogen-bond acceptors (Lipinski definition) is 0. The van der Waals surface area contributed by atoms with E-state index in [9.17, 15) is 0 Å². The van der Waals surface area contributed by atoms with Crippen LogP contribution in [0.15, 0.2) is 54.6 Å². The number of rotatable bonds is 5. The lowest BCUT2D eigenvalue weighted by Crippen LogP contribution is -1.90. The Morgan fingerprint density at radius 2 is 1.39 bits per heavy atom. The maximum atomic E-state index is 2.29. The summed E-state index contributed by atoms with van der Waals surface area (Å²) in [6.45, 7) is 4.58. The van der Waals surface area contributed by atoms with Gasteiger partial charge in [0.15, 0.2) is 0 Å². The Morgan fingerprint density at radius 1 is 0.778 bits per heavy atom. The fourth-order valence-corrected chi connectivity index (χ4v) is 2.21. The van der Waals surface area contributed by atoms with Crippen molar-refractivity contribution in [3.05, 3.63) is 60.2 Å². The smallest absolute Gasteiger partial charge is 0.0184 e. The van der Waals surface area contributed by atoms with Gasteiger partial charge < -0.3 is 0 Å². The van der Waals surface area contributed by atoms with Crippen molar-refractivity contribution < 1.29 is 0 Å². The molecule has 0 aliphatic heterocycles. The van der Waals surface area contributed by atoms with Gasteiger partial charge in [0.2, 0.25) is 0 Å². The standard InChI is InChI=1S/C18H22/c1-15(2)7-6-8-16-11-13-18(14-12-16)17-9-4-3-5-10-17/h3-5,9-15H,6-8H2,1-2H3. The molecule has 0 bridgehead atoms. The van der Waals surface area contributed by atoms with Crippen LogP contribution >= 0.6 is 0 Å². The molecule has 2 aromatic rings. The molecule has 0 unspecified atom stereocenters. The molecule has 0 aromatic heterocycles. The summed E-state index contributed by atoms with van der Waals surface area (Å²) in [5.41, 5.74) is 4.06. The van der Waals surface area contributed by atoms with Crippen molar-refractivity contribution >= 4 is 0 Å². The van der Waals surface area contributed by atoms with Crippen LogP contribution in [0.3, 0.4) is 0 Å².